The van der Waals surface area contributed by atoms with Crippen LogP contribution in [0.3, 0.4) is 0 Å². The number of carbonyl (C=O) groups is 6. The first-order chi connectivity index (χ1) is 37.1. The van der Waals surface area contributed by atoms with E-state index in [1.165, 1.54) is 45.5 Å². The van der Waals surface area contributed by atoms with Crippen LogP contribution in [0.25, 0.3) is 11.6 Å². The highest BCUT2D eigenvalue weighted by atomic mass is 19.1. The third-order valence-corrected chi connectivity index (χ3v) is 13.9. The van der Waals surface area contributed by atoms with Crippen molar-refractivity contribution in [2.45, 2.75) is 105 Å². The minimum Gasteiger partial charge on any atom is -0.478 e. The van der Waals surface area contributed by atoms with Gasteiger partial charge in [0, 0.05) is 37.9 Å². The fourth-order valence-electron chi connectivity index (χ4n) is 9.88. The van der Waals surface area contributed by atoms with Gasteiger partial charge in [0.1, 0.15) is 40.0 Å². The first kappa shape index (κ1) is 53.6. The van der Waals surface area contributed by atoms with Gasteiger partial charge in [0.05, 0.1) is 23.2 Å². The Morgan fingerprint density at radius 1 is 0.615 bits per heavy atom. The molecular weight excluding hydrogens is 1000 g/mol. The van der Waals surface area contributed by atoms with E-state index in [1.54, 1.807) is 75.6 Å². The van der Waals surface area contributed by atoms with Crippen molar-refractivity contribution in [1.82, 2.24) is 50.0 Å². The zero-order chi connectivity index (χ0) is 55.7. The molecule has 5 N–H and O–H groups in total. The van der Waals surface area contributed by atoms with Crippen molar-refractivity contribution in [3.05, 3.63) is 199 Å². The van der Waals surface area contributed by atoms with Crippen molar-refractivity contribution in [3.63, 3.8) is 0 Å². The smallest absolute Gasteiger partial charge is 0.338 e. The Hall–Kier alpha value is -9.20. The predicted octanol–water partition coefficient (Wildman–Crippen LogP) is 8.32. The number of hydrogen-bond donors (Lipinski definition) is 5. The van der Waals surface area contributed by atoms with Crippen LogP contribution in [-0.2, 0) is 30.7 Å². The van der Waals surface area contributed by atoms with Crippen LogP contribution in [0.4, 0.5) is 8.78 Å². The van der Waals surface area contributed by atoms with Gasteiger partial charge >= 0.3 is 11.9 Å². The number of imidazole rings is 2. The molecule has 0 spiro atoms. The highest BCUT2D eigenvalue weighted by Gasteiger charge is 2.31. The van der Waals surface area contributed by atoms with Gasteiger partial charge in [-0.3, -0.25) is 28.0 Å². The maximum Gasteiger partial charge on any atom is 0.338 e. The van der Waals surface area contributed by atoms with Crippen molar-refractivity contribution < 1.29 is 47.4 Å². The molecule has 2 aliphatic rings. The summed E-state index contributed by atoms with van der Waals surface area (Å²) < 4.78 is 35.7. The number of esters is 1. The standard InChI is InChI=1S/C31H32FN5O4.C27H24FN5O4/c1-17-14-19(6-10-23(17)32)16-34-27(38)25-15-26(37-13-12-33-30(37)36-25)28(39)35-24-11-9-20-18(2)21(7-8-22(20)24)29(40)41-31(3,4)5;1-14-11-16(3-7-20(14)28)13-30-24(34)22-12-23(33-10-9-29-27(33)32-22)25(35)31-21-8-6-17-15(2)18(26(36)37)4-5-19(17)21/h6-8,10,12-15,24H,9,11,16H2,1-5H3,(H,34,38)(H,35,39);3-5,7,9-12,21H,6,8,13H2,1-2H3,(H,30,34)(H,31,35)(H,36,37)/t24-;21-/m00/s1. The molecule has 0 saturated heterocycles. The molecule has 2 aliphatic carbocycles. The summed E-state index contributed by atoms with van der Waals surface area (Å²) in [5.74, 6) is -3.35. The van der Waals surface area contributed by atoms with E-state index in [4.69, 9.17) is 4.74 Å². The third-order valence-electron chi connectivity index (χ3n) is 13.9. The van der Waals surface area contributed by atoms with Crippen LogP contribution < -0.4 is 21.3 Å². The van der Waals surface area contributed by atoms with E-state index in [-0.39, 0.29) is 88.6 Å². The summed E-state index contributed by atoms with van der Waals surface area (Å²) in [4.78, 5) is 93.8. The molecule has 0 fully saturated rings. The summed E-state index contributed by atoms with van der Waals surface area (Å²) in [6.45, 7) is 12.8. The van der Waals surface area contributed by atoms with Gasteiger partial charge in [0.25, 0.3) is 23.6 Å². The lowest BCUT2D eigenvalue weighted by Crippen LogP contribution is -2.30. The minimum absolute atomic E-state index is 0.0245. The maximum atomic E-state index is 13.6. The summed E-state index contributed by atoms with van der Waals surface area (Å²) in [7, 11) is 0. The Labute approximate surface area is 446 Å². The van der Waals surface area contributed by atoms with Crippen LogP contribution in [0.1, 0.15) is 164 Å². The normalized spacial score (nSPS) is 14.5. The van der Waals surface area contributed by atoms with E-state index < -0.39 is 29.3 Å². The highest BCUT2D eigenvalue weighted by molar-refractivity contribution is 6.00. The number of nitrogens with zero attached hydrogens (tertiary/aromatic N) is 6. The summed E-state index contributed by atoms with van der Waals surface area (Å²) in [5, 5.41) is 21.0. The number of nitrogens with one attached hydrogen (secondary N) is 4. The number of benzene rings is 4. The van der Waals surface area contributed by atoms with E-state index >= 15 is 0 Å². The number of carboxylic acid groups (broad SMARTS) is 1. The molecule has 4 amide bonds. The van der Waals surface area contributed by atoms with Crippen molar-refractivity contribution >= 4 is 47.1 Å². The molecule has 0 radical (unpaired) electrons. The van der Waals surface area contributed by atoms with Crippen LogP contribution in [-0.4, -0.2) is 75.0 Å². The van der Waals surface area contributed by atoms with Crippen molar-refractivity contribution in [2.24, 2.45) is 0 Å². The van der Waals surface area contributed by atoms with Crippen molar-refractivity contribution in [1.29, 1.82) is 0 Å². The molecule has 0 aliphatic heterocycles. The molecule has 0 bridgehead atoms. The minimum atomic E-state index is -0.979. The average molecular weight is 1060 g/mol. The van der Waals surface area contributed by atoms with E-state index in [0.29, 0.717) is 47.9 Å². The number of carboxylic acids is 1. The molecule has 20 heteroatoms. The van der Waals surface area contributed by atoms with Crippen molar-refractivity contribution in [3.8, 4) is 0 Å². The molecule has 4 aromatic carbocycles. The van der Waals surface area contributed by atoms with Gasteiger partial charge < -0.3 is 31.1 Å². The first-order valence-corrected chi connectivity index (χ1v) is 25.2. The fraction of sp³-hybridized carbons (Fsp3) is 0.276. The maximum absolute atomic E-state index is 13.6. The number of amides is 4. The number of carbonyl (C=O) groups excluding carboxylic acids is 5. The van der Waals surface area contributed by atoms with Crippen LogP contribution in [0.2, 0.25) is 0 Å². The quantitative estimate of drug-likeness (QED) is 0.0726. The summed E-state index contributed by atoms with van der Waals surface area (Å²) in [6.07, 6.45) is 8.86. The van der Waals surface area contributed by atoms with Crippen LogP contribution in [0.15, 0.2) is 97.6 Å². The topological polar surface area (TPSA) is 240 Å². The second-order valence-electron chi connectivity index (χ2n) is 20.3. The Kier molecular flexibility index (Phi) is 15.0. The zero-order valence-corrected chi connectivity index (χ0v) is 43.9. The molecule has 0 saturated carbocycles. The monoisotopic (exact) mass is 1060 g/mol. The number of aromatic carboxylic acids is 1. The number of halogens is 2. The van der Waals surface area contributed by atoms with Crippen LogP contribution >= 0.6 is 0 Å². The van der Waals surface area contributed by atoms with Crippen molar-refractivity contribution in [2.75, 3.05) is 0 Å². The second kappa shape index (κ2) is 21.8. The van der Waals surface area contributed by atoms with Gasteiger partial charge in [-0.15, -0.1) is 0 Å². The largest absolute Gasteiger partial charge is 0.478 e. The summed E-state index contributed by atoms with van der Waals surface area (Å²) in [6, 6.07) is 18.4. The number of rotatable bonds is 12. The van der Waals surface area contributed by atoms with Gasteiger partial charge in [0.15, 0.2) is 0 Å². The average Bonchev–Trinajstić information content (AvgIpc) is 4.26. The molecule has 400 valence electrons. The number of hydrogen-bond acceptors (Lipinski definition) is 11. The van der Waals surface area contributed by atoms with E-state index in [2.05, 4.69) is 41.2 Å². The number of ether oxygens (including phenoxy) is 1. The molecule has 78 heavy (non-hydrogen) atoms. The Morgan fingerprint density at radius 3 is 1.47 bits per heavy atom. The molecular formula is C58H56F2N10O8. The van der Waals surface area contributed by atoms with E-state index in [0.717, 1.165) is 38.9 Å². The lowest BCUT2D eigenvalue weighted by Gasteiger charge is -2.21. The van der Waals surface area contributed by atoms with Crippen LogP contribution in [0, 0.1) is 39.3 Å². The van der Waals surface area contributed by atoms with E-state index in [9.17, 15) is 42.7 Å². The molecule has 10 rings (SSSR count). The van der Waals surface area contributed by atoms with Gasteiger partial charge in [-0.2, -0.15) is 0 Å². The zero-order valence-electron chi connectivity index (χ0n) is 43.9. The molecule has 4 heterocycles. The SMILES string of the molecule is Cc1cc(CNC(=O)c2cc(C(=O)N[C@H]3CCc4c3ccc(C(=O)O)c4C)n3ccnc3n2)ccc1F.Cc1cc(CNC(=O)c2cc(C(=O)N[C@H]3CCc4c3ccc(C(=O)OC(C)(C)C)c4C)n3ccnc3n2)ccc1F. The molecule has 2 atom stereocenters. The molecule has 4 aromatic heterocycles. The van der Waals surface area contributed by atoms with Crippen LogP contribution in [0.5, 0.6) is 0 Å². The highest BCUT2D eigenvalue weighted by Crippen LogP contribution is 2.37. The lowest BCUT2D eigenvalue weighted by molar-refractivity contribution is 0.00678. The number of aromatic nitrogens is 6. The number of fused-ring (bicyclic) bond motifs is 4. The predicted molar refractivity (Wildman–Crippen MR) is 282 cm³/mol. The first-order valence-electron chi connectivity index (χ1n) is 25.2. The van der Waals surface area contributed by atoms with Gasteiger partial charge in [0.2, 0.25) is 11.6 Å². The van der Waals surface area contributed by atoms with Gasteiger partial charge in [-0.05, 0) is 166 Å². The summed E-state index contributed by atoms with van der Waals surface area (Å²) >= 11 is 0. The number of aryl methyl sites for hydroxylation is 2. The van der Waals surface area contributed by atoms with Gasteiger partial charge in [-0.25, -0.2) is 38.3 Å². The molecule has 0 unspecified atom stereocenters. The summed E-state index contributed by atoms with van der Waals surface area (Å²) in [5.41, 5.74) is 8.43. The Morgan fingerprint density at radius 2 is 1.05 bits per heavy atom. The molecule has 18 nitrogen and oxygen atoms in total. The fourth-order valence-corrected chi connectivity index (χ4v) is 9.88. The van der Waals surface area contributed by atoms with E-state index in [1.807, 2.05) is 33.8 Å². The third kappa shape index (κ3) is 11.3. The molecule has 8 aromatic rings. The van der Waals surface area contributed by atoms with Gasteiger partial charge in [-0.1, -0.05) is 36.4 Å². The second-order valence-corrected chi connectivity index (χ2v) is 20.3. The lowest BCUT2D eigenvalue weighted by atomic mass is 9.97. The Balaban J connectivity index is 0.000000191. The Bertz CT molecular complexity index is 3750.